The summed E-state index contributed by atoms with van der Waals surface area (Å²) in [5, 5.41) is 0. The second-order valence-corrected chi connectivity index (χ2v) is 12.2. The summed E-state index contributed by atoms with van der Waals surface area (Å²) in [5.41, 5.74) is 2.04. The fraction of sp³-hybridized carbons (Fsp3) is 0.455. The van der Waals surface area contributed by atoms with Crippen LogP contribution in [-0.2, 0) is 20.0 Å². The topological polar surface area (TPSA) is 78.0 Å². The van der Waals surface area contributed by atoms with Crippen LogP contribution >= 0.6 is 0 Å². The van der Waals surface area contributed by atoms with Gasteiger partial charge in [-0.25, -0.2) is 21.2 Å². The van der Waals surface area contributed by atoms with E-state index in [-0.39, 0.29) is 29.6 Å². The van der Waals surface area contributed by atoms with Gasteiger partial charge in [0.05, 0.1) is 22.0 Å². The van der Waals surface area contributed by atoms with Gasteiger partial charge >= 0.3 is 0 Å². The molecule has 2 heterocycles. The van der Waals surface area contributed by atoms with Crippen LogP contribution in [-0.4, -0.2) is 59.6 Å². The van der Waals surface area contributed by atoms with E-state index < -0.39 is 20.0 Å². The van der Waals surface area contributed by atoms with Crippen LogP contribution in [0.3, 0.4) is 0 Å². The fourth-order valence-electron chi connectivity index (χ4n) is 4.56. The summed E-state index contributed by atoms with van der Waals surface area (Å²) in [6.07, 6.45) is 1.42. The molecule has 0 spiro atoms. The van der Waals surface area contributed by atoms with Crippen molar-refractivity contribution in [1.29, 1.82) is 0 Å². The molecule has 10 heteroatoms. The quantitative estimate of drug-likeness (QED) is 0.671. The molecule has 2 aromatic carbocycles. The Labute approximate surface area is 189 Å². The summed E-state index contributed by atoms with van der Waals surface area (Å²) in [6.45, 7) is 5.09. The first kappa shape index (κ1) is 23.0. The lowest BCUT2D eigenvalue weighted by Gasteiger charge is -2.36. The molecule has 2 aliphatic heterocycles. The van der Waals surface area contributed by atoms with Crippen LogP contribution in [0, 0.1) is 19.7 Å². The zero-order valence-electron chi connectivity index (χ0n) is 18.3. The van der Waals surface area contributed by atoms with E-state index in [1.807, 2.05) is 4.90 Å². The molecule has 0 aliphatic carbocycles. The highest BCUT2D eigenvalue weighted by Crippen LogP contribution is 2.32. The van der Waals surface area contributed by atoms with Crippen LogP contribution in [0.15, 0.2) is 41.3 Å². The molecule has 7 nitrogen and oxygen atoms in total. The number of rotatable bonds is 4. The molecular formula is C22H28FN3O4S2. The molecule has 0 saturated carbocycles. The first-order valence-corrected chi connectivity index (χ1v) is 13.8. The Kier molecular flexibility index (Phi) is 6.21. The monoisotopic (exact) mass is 481 g/mol. The average molecular weight is 482 g/mol. The Morgan fingerprint density at radius 3 is 2.12 bits per heavy atom. The van der Waals surface area contributed by atoms with Crippen molar-refractivity contribution in [3.63, 3.8) is 0 Å². The maximum Gasteiger partial charge on any atom is 0.243 e. The fourth-order valence-corrected chi connectivity index (χ4v) is 8.02. The van der Waals surface area contributed by atoms with E-state index >= 15 is 0 Å². The summed E-state index contributed by atoms with van der Waals surface area (Å²) in [7, 11) is -7.15. The molecule has 2 saturated heterocycles. The first-order chi connectivity index (χ1) is 15.1. The van der Waals surface area contributed by atoms with Crippen molar-refractivity contribution in [3.8, 4) is 0 Å². The summed E-state index contributed by atoms with van der Waals surface area (Å²) >= 11 is 0. The van der Waals surface area contributed by atoms with E-state index in [1.54, 1.807) is 44.2 Å². The number of sulfonamides is 2. The van der Waals surface area contributed by atoms with Gasteiger partial charge in [0.15, 0.2) is 0 Å². The van der Waals surface area contributed by atoms with Crippen molar-refractivity contribution in [2.45, 2.75) is 31.6 Å². The molecule has 2 aromatic rings. The second kappa shape index (κ2) is 8.64. The van der Waals surface area contributed by atoms with Crippen molar-refractivity contribution < 1.29 is 21.2 Å². The lowest BCUT2D eigenvalue weighted by Crippen LogP contribution is -2.49. The smallest absolute Gasteiger partial charge is 0.243 e. The van der Waals surface area contributed by atoms with E-state index in [0.29, 0.717) is 48.6 Å². The van der Waals surface area contributed by atoms with E-state index in [9.17, 15) is 21.2 Å². The normalized spacial score (nSPS) is 19.8. The number of aryl methyl sites for hydroxylation is 2. The number of benzene rings is 2. The van der Waals surface area contributed by atoms with Gasteiger partial charge in [-0.05, 0) is 62.1 Å². The zero-order valence-corrected chi connectivity index (χ0v) is 19.9. The van der Waals surface area contributed by atoms with Crippen LogP contribution in [0.4, 0.5) is 15.8 Å². The standard InChI is InChI=1S/C22H28FN3O4S2/c1-17-15-19(26-9-5-6-14-31(26,27)28)16-18(2)22(17)32(29,30)25-12-10-24(11-13-25)21-8-4-3-7-20(21)23/h3-4,7-8,15-16H,5-6,9-14H2,1-2H3. The maximum atomic E-state index is 14.1. The molecule has 174 valence electrons. The molecule has 4 rings (SSSR count). The molecule has 2 aliphatic rings. The van der Waals surface area contributed by atoms with E-state index in [4.69, 9.17) is 0 Å². The predicted molar refractivity (Wildman–Crippen MR) is 124 cm³/mol. The largest absolute Gasteiger partial charge is 0.367 e. The molecule has 0 N–H and O–H groups in total. The highest BCUT2D eigenvalue weighted by molar-refractivity contribution is 7.92. The molecule has 0 amide bonds. The van der Waals surface area contributed by atoms with Crippen molar-refractivity contribution in [2.24, 2.45) is 0 Å². The van der Waals surface area contributed by atoms with Gasteiger partial charge in [0, 0.05) is 32.7 Å². The minimum Gasteiger partial charge on any atom is -0.367 e. The highest BCUT2D eigenvalue weighted by Gasteiger charge is 2.33. The van der Waals surface area contributed by atoms with E-state index in [0.717, 1.165) is 6.42 Å². The van der Waals surface area contributed by atoms with Crippen molar-refractivity contribution >= 4 is 31.4 Å². The van der Waals surface area contributed by atoms with Gasteiger partial charge in [0.25, 0.3) is 0 Å². The van der Waals surface area contributed by atoms with Crippen molar-refractivity contribution in [2.75, 3.05) is 47.7 Å². The van der Waals surface area contributed by atoms with Crippen LogP contribution in [0.1, 0.15) is 24.0 Å². The van der Waals surface area contributed by atoms with E-state index in [2.05, 4.69) is 0 Å². The highest BCUT2D eigenvalue weighted by atomic mass is 32.2. The van der Waals surface area contributed by atoms with Crippen molar-refractivity contribution in [1.82, 2.24) is 4.31 Å². The average Bonchev–Trinajstić information content (AvgIpc) is 2.73. The molecule has 0 atom stereocenters. The van der Waals surface area contributed by atoms with Gasteiger partial charge in [-0.2, -0.15) is 4.31 Å². The molecular weight excluding hydrogens is 453 g/mol. The molecule has 0 unspecified atom stereocenters. The number of nitrogens with zero attached hydrogens (tertiary/aromatic N) is 3. The molecule has 0 bridgehead atoms. The third kappa shape index (κ3) is 4.23. The zero-order chi connectivity index (χ0) is 23.1. The van der Waals surface area contributed by atoms with Crippen LogP contribution in [0.2, 0.25) is 0 Å². The van der Waals surface area contributed by atoms with Crippen LogP contribution in [0.5, 0.6) is 0 Å². The van der Waals surface area contributed by atoms with Gasteiger partial charge in [-0.15, -0.1) is 0 Å². The number of hydrogen-bond acceptors (Lipinski definition) is 5. The maximum absolute atomic E-state index is 14.1. The predicted octanol–water partition coefficient (Wildman–Crippen LogP) is 2.88. The minimum absolute atomic E-state index is 0.109. The minimum atomic E-state index is -3.77. The number of anilines is 2. The first-order valence-electron chi connectivity index (χ1n) is 10.7. The Balaban J connectivity index is 1.57. The van der Waals surface area contributed by atoms with Crippen molar-refractivity contribution in [3.05, 3.63) is 53.3 Å². The summed E-state index contributed by atoms with van der Waals surface area (Å²) < 4.78 is 68.8. The molecule has 0 aromatic heterocycles. The van der Waals surface area contributed by atoms with Gasteiger partial charge in [0.1, 0.15) is 5.82 Å². The number of piperazine rings is 1. The Bertz CT molecular complexity index is 1200. The lowest BCUT2D eigenvalue weighted by molar-refractivity contribution is 0.382. The van der Waals surface area contributed by atoms with Crippen LogP contribution < -0.4 is 9.21 Å². The summed E-state index contributed by atoms with van der Waals surface area (Å²) in [6, 6.07) is 9.79. The Morgan fingerprint density at radius 1 is 0.906 bits per heavy atom. The third-order valence-corrected chi connectivity index (χ3v) is 10.2. The van der Waals surface area contributed by atoms with Crippen LogP contribution in [0.25, 0.3) is 0 Å². The molecule has 2 fully saturated rings. The Morgan fingerprint density at radius 2 is 1.53 bits per heavy atom. The second-order valence-electron chi connectivity index (χ2n) is 8.35. The Hall–Kier alpha value is -2.17. The summed E-state index contributed by atoms with van der Waals surface area (Å²) in [5.74, 6) is -0.212. The van der Waals surface area contributed by atoms with E-state index in [1.165, 1.54) is 14.7 Å². The summed E-state index contributed by atoms with van der Waals surface area (Å²) in [4.78, 5) is 2.07. The number of para-hydroxylation sites is 1. The third-order valence-electron chi connectivity index (χ3n) is 6.11. The van der Waals surface area contributed by atoms with Gasteiger partial charge in [-0.1, -0.05) is 12.1 Å². The SMILES string of the molecule is Cc1cc(N2CCCCS2(=O)=O)cc(C)c1S(=O)(=O)N1CCN(c2ccccc2F)CC1. The number of halogens is 1. The molecule has 32 heavy (non-hydrogen) atoms. The number of hydrogen-bond donors (Lipinski definition) is 0. The van der Waals surface area contributed by atoms with Gasteiger partial charge in [0.2, 0.25) is 20.0 Å². The van der Waals surface area contributed by atoms with Gasteiger partial charge < -0.3 is 4.90 Å². The lowest BCUT2D eigenvalue weighted by atomic mass is 10.1. The van der Waals surface area contributed by atoms with Gasteiger partial charge in [-0.3, -0.25) is 4.31 Å². The molecule has 0 radical (unpaired) electrons.